The van der Waals surface area contributed by atoms with E-state index in [0.29, 0.717) is 0 Å². The molecule has 1 amide bonds. The molecule has 1 fully saturated rings. The quantitative estimate of drug-likeness (QED) is 0.881. The topological polar surface area (TPSA) is 103 Å². The fraction of sp³-hybridized carbons (Fsp3) is 0.467. The SMILES string of the molecule is CC(C)(O)c1nn2c(C(=O)NC3CC(F)(F)C3)ccnc2c1C#N. The number of nitrogens with zero attached hydrogens (tertiary/aromatic N) is 4. The van der Waals surface area contributed by atoms with E-state index in [4.69, 9.17) is 0 Å². The van der Waals surface area contributed by atoms with Gasteiger partial charge in [-0.15, -0.1) is 0 Å². The van der Waals surface area contributed by atoms with Crippen LogP contribution in [0.4, 0.5) is 8.78 Å². The van der Waals surface area contributed by atoms with Crippen molar-refractivity contribution >= 4 is 11.6 Å². The van der Waals surface area contributed by atoms with Crippen LogP contribution in [0.3, 0.4) is 0 Å². The number of aliphatic hydroxyl groups is 1. The van der Waals surface area contributed by atoms with Crippen molar-refractivity contribution in [1.29, 1.82) is 5.26 Å². The molecule has 1 aliphatic rings. The summed E-state index contributed by atoms with van der Waals surface area (Å²) in [7, 11) is 0. The van der Waals surface area contributed by atoms with Crippen molar-refractivity contribution in [3.8, 4) is 6.07 Å². The summed E-state index contributed by atoms with van der Waals surface area (Å²) < 4.78 is 26.9. The number of fused-ring (bicyclic) bond motifs is 1. The molecule has 0 radical (unpaired) electrons. The smallest absolute Gasteiger partial charge is 0.270 e. The van der Waals surface area contributed by atoms with Crippen LogP contribution in [0.1, 0.15) is 48.4 Å². The van der Waals surface area contributed by atoms with E-state index in [-0.39, 0.29) is 22.6 Å². The summed E-state index contributed by atoms with van der Waals surface area (Å²) in [5.41, 5.74) is -1.06. The molecule has 9 heteroatoms. The van der Waals surface area contributed by atoms with Crippen molar-refractivity contribution in [2.24, 2.45) is 0 Å². The van der Waals surface area contributed by atoms with Crippen molar-refractivity contribution < 1.29 is 18.7 Å². The van der Waals surface area contributed by atoms with Gasteiger partial charge in [-0.2, -0.15) is 10.4 Å². The molecule has 0 spiro atoms. The van der Waals surface area contributed by atoms with Crippen molar-refractivity contribution in [2.45, 2.75) is 44.3 Å². The van der Waals surface area contributed by atoms with Gasteiger partial charge in [-0.25, -0.2) is 18.3 Å². The predicted molar refractivity (Wildman–Crippen MR) is 78.4 cm³/mol. The van der Waals surface area contributed by atoms with Crippen LogP contribution in [0.25, 0.3) is 5.65 Å². The second kappa shape index (κ2) is 5.21. The minimum atomic E-state index is -2.74. The molecule has 3 rings (SSSR count). The molecule has 2 N–H and O–H groups in total. The van der Waals surface area contributed by atoms with Gasteiger partial charge in [0.05, 0.1) is 0 Å². The molecule has 0 aliphatic heterocycles. The molecule has 2 aromatic heterocycles. The van der Waals surface area contributed by atoms with Crippen LogP contribution in [-0.4, -0.2) is 37.6 Å². The standard InChI is InChI=1S/C15H15F2N5O2/c1-14(2,24)11-9(7-18)12-19-4-3-10(22(12)21-11)13(23)20-8-5-15(16,17)6-8/h3-4,8,24H,5-6H2,1-2H3,(H,20,23). The van der Waals surface area contributed by atoms with E-state index >= 15 is 0 Å². The molecular weight excluding hydrogens is 320 g/mol. The molecule has 0 aromatic carbocycles. The van der Waals surface area contributed by atoms with Crippen LogP contribution in [0.15, 0.2) is 12.3 Å². The zero-order valence-electron chi connectivity index (χ0n) is 13.0. The fourth-order valence-corrected chi connectivity index (χ4v) is 2.67. The molecule has 126 valence electrons. The van der Waals surface area contributed by atoms with Crippen LogP contribution in [-0.2, 0) is 5.60 Å². The number of amides is 1. The number of rotatable bonds is 3. The van der Waals surface area contributed by atoms with Crippen molar-refractivity contribution in [3.05, 3.63) is 29.2 Å². The van der Waals surface area contributed by atoms with Gasteiger partial charge in [0.2, 0.25) is 0 Å². The Morgan fingerprint density at radius 1 is 1.54 bits per heavy atom. The summed E-state index contributed by atoms with van der Waals surface area (Å²) in [6, 6.07) is 2.70. The molecular formula is C15H15F2N5O2. The van der Waals surface area contributed by atoms with Crippen molar-refractivity contribution in [3.63, 3.8) is 0 Å². The van der Waals surface area contributed by atoms with Gasteiger partial charge >= 0.3 is 0 Å². The maximum absolute atomic E-state index is 12.9. The van der Waals surface area contributed by atoms with Gasteiger partial charge in [0.15, 0.2) is 5.65 Å². The van der Waals surface area contributed by atoms with E-state index in [1.807, 2.05) is 6.07 Å². The number of carbonyl (C=O) groups is 1. The minimum Gasteiger partial charge on any atom is -0.384 e. The lowest BCUT2D eigenvalue weighted by Crippen LogP contribution is -2.50. The monoisotopic (exact) mass is 335 g/mol. The van der Waals surface area contributed by atoms with E-state index in [9.17, 15) is 23.9 Å². The minimum absolute atomic E-state index is 0.0576. The van der Waals surface area contributed by atoms with Crippen molar-refractivity contribution in [1.82, 2.24) is 19.9 Å². The third-order valence-corrected chi connectivity index (χ3v) is 3.87. The second-order valence-corrected chi connectivity index (χ2v) is 6.39. The van der Waals surface area contributed by atoms with Gasteiger partial charge in [0.25, 0.3) is 11.8 Å². The molecule has 0 atom stereocenters. The van der Waals surface area contributed by atoms with Gasteiger partial charge in [0, 0.05) is 25.1 Å². The van der Waals surface area contributed by atoms with E-state index in [1.165, 1.54) is 26.1 Å². The molecule has 0 saturated heterocycles. The summed E-state index contributed by atoms with van der Waals surface area (Å²) >= 11 is 0. The highest BCUT2D eigenvalue weighted by atomic mass is 19.3. The summed E-state index contributed by atoms with van der Waals surface area (Å²) in [5.74, 6) is -3.32. The first-order chi connectivity index (χ1) is 11.1. The largest absolute Gasteiger partial charge is 0.384 e. The zero-order chi connectivity index (χ0) is 17.7. The van der Waals surface area contributed by atoms with Gasteiger partial charge in [-0.05, 0) is 19.9 Å². The highest BCUT2D eigenvalue weighted by Crippen LogP contribution is 2.37. The maximum atomic E-state index is 12.9. The lowest BCUT2D eigenvalue weighted by Gasteiger charge is -2.35. The molecule has 1 aliphatic carbocycles. The Bertz CT molecular complexity index is 855. The third kappa shape index (κ3) is 2.69. The third-order valence-electron chi connectivity index (χ3n) is 3.87. The highest BCUT2D eigenvalue weighted by Gasteiger charge is 2.46. The normalized spacial score (nSPS) is 17.3. The Hall–Kier alpha value is -2.60. The number of nitriles is 1. The Morgan fingerprint density at radius 2 is 2.21 bits per heavy atom. The Labute approximate surface area is 135 Å². The molecule has 2 heterocycles. The van der Waals surface area contributed by atoms with Crippen LogP contribution in [0.2, 0.25) is 0 Å². The molecule has 1 saturated carbocycles. The molecule has 0 unspecified atom stereocenters. The first-order valence-corrected chi connectivity index (χ1v) is 7.32. The van der Waals surface area contributed by atoms with Crippen LogP contribution in [0.5, 0.6) is 0 Å². The average molecular weight is 335 g/mol. The number of hydrogen-bond acceptors (Lipinski definition) is 5. The van der Waals surface area contributed by atoms with E-state index in [1.54, 1.807) is 0 Å². The number of carbonyl (C=O) groups excluding carboxylic acids is 1. The summed E-state index contributed by atoms with van der Waals surface area (Å²) in [6.07, 6.45) is 0.533. The van der Waals surface area contributed by atoms with Gasteiger partial charge in [-0.3, -0.25) is 4.79 Å². The first kappa shape index (κ1) is 16.3. The average Bonchev–Trinajstić information content (AvgIpc) is 2.83. The lowest BCUT2D eigenvalue weighted by atomic mass is 9.88. The molecule has 0 bridgehead atoms. The second-order valence-electron chi connectivity index (χ2n) is 6.39. The molecule has 24 heavy (non-hydrogen) atoms. The maximum Gasteiger partial charge on any atom is 0.270 e. The molecule has 2 aromatic rings. The first-order valence-electron chi connectivity index (χ1n) is 7.32. The summed E-state index contributed by atoms with van der Waals surface area (Å²) in [5, 5.41) is 26.1. The molecule has 7 nitrogen and oxygen atoms in total. The summed E-state index contributed by atoms with van der Waals surface area (Å²) in [4.78, 5) is 16.4. The van der Waals surface area contributed by atoms with Gasteiger partial charge < -0.3 is 10.4 Å². The van der Waals surface area contributed by atoms with E-state index in [2.05, 4.69) is 15.4 Å². The lowest BCUT2D eigenvalue weighted by molar-refractivity contribution is -0.0901. The highest BCUT2D eigenvalue weighted by molar-refractivity contribution is 5.93. The van der Waals surface area contributed by atoms with Gasteiger partial charge in [-0.1, -0.05) is 0 Å². The Balaban J connectivity index is 1.99. The van der Waals surface area contributed by atoms with Crippen LogP contribution in [0, 0.1) is 11.3 Å². The van der Waals surface area contributed by atoms with Crippen LogP contribution >= 0.6 is 0 Å². The Morgan fingerprint density at radius 3 is 2.75 bits per heavy atom. The number of hydrogen-bond donors (Lipinski definition) is 2. The fourth-order valence-electron chi connectivity index (χ4n) is 2.67. The van der Waals surface area contributed by atoms with Gasteiger partial charge in [0.1, 0.15) is 28.6 Å². The number of halogens is 2. The predicted octanol–water partition coefficient (Wildman–Crippen LogP) is 1.36. The van der Waals surface area contributed by atoms with Crippen molar-refractivity contribution in [2.75, 3.05) is 0 Å². The zero-order valence-corrected chi connectivity index (χ0v) is 13.0. The van der Waals surface area contributed by atoms with E-state index in [0.717, 1.165) is 4.52 Å². The van der Waals surface area contributed by atoms with Crippen LogP contribution < -0.4 is 5.32 Å². The number of nitrogens with one attached hydrogen (secondary N) is 1. The Kier molecular flexibility index (Phi) is 3.53. The summed E-state index contributed by atoms with van der Waals surface area (Å²) in [6.45, 7) is 2.93. The van der Waals surface area contributed by atoms with E-state index < -0.39 is 36.3 Å². The number of alkyl halides is 2. The number of aromatic nitrogens is 3.